The monoisotopic (exact) mass is 341 g/mol. The first-order chi connectivity index (χ1) is 11.6. The van der Waals surface area contributed by atoms with Crippen LogP contribution in [0.4, 0.5) is 0 Å². The fourth-order valence-electron chi connectivity index (χ4n) is 2.49. The fraction of sp³-hybridized carbons (Fsp3) is 0.211. The van der Waals surface area contributed by atoms with Gasteiger partial charge >= 0.3 is 0 Å². The summed E-state index contributed by atoms with van der Waals surface area (Å²) in [5.41, 5.74) is 3.21. The summed E-state index contributed by atoms with van der Waals surface area (Å²) in [6.45, 7) is 2.07. The fourth-order valence-corrected chi connectivity index (χ4v) is 3.34. The van der Waals surface area contributed by atoms with E-state index in [-0.39, 0.29) is 0 Å². The Morgan fingerprint density at radius 1 is 0.917 bits per heavy atom. The molecule has 0 radical (unpaired) electrons. The third-order valence-corrected chi connectivity index (χ3v) is 4.67. The van der Waals surface area contributed by atoms with Crippen LogP contribution in [0.15, 0.2) is 30.3 Å². The van der Waals surface area contributed by atoms with Gasteiger partial charge < -0.3 is 14.2 Å². The normalized spacial score (nSPS) is 11.2. The average molecular weight is 341 g/mol. The summed E-state index contributed by atoms with van der Waals surface area (Å²) in [7, 11) is 4.82. The van der Waals surface area contributed by atoms with Gasteiger partial charge in [-0.2, -0.15) is 0 Å². The minimum atomic E-state index is 0.590. The highest BCUT2D eigenvalue weighted by molar-refractivity contribution is 7.19. The van der Waals surface area contributed by atoms with Crippen molar-refractivity contribution in [3.63, 3.8) is 0 Å². The first kappa shape index (κ1) is 16.3. The van der Waals surface area contributed by atoms with Gasteiger partial charge in [-0.3, -0.25) is 0 Å². The molecule has 0 N–H and O–H groups in total. The van der Waals surface area contributed by atoms with Crippen LogP contribution in [-0.2, 0) is 0 Å². The summed E-state index contributed by atoms with van der Waals surface area (Å²) in [4.78, 5) is 4.65. The Balaban J connectivity index is 1.95. The van der Waals surface area contributed by atoms with E-state index in [0.717, 1.165) is 16.1 Å². The van der Waals surface area contributed by atoms with Gasteiger partial charge in [0.25, 0.3) is 0 Å². The molecule has 0 aliphatic heterocycles. The third-order valence-electron chi connectivity index (χ3n) is 3.67. The molecule has 124 valence electrons. The van der Waals surface area contributed by atoms with Crippen LogP contribution in [0.3, 0.4) is 0 Å². The molecule has 0 bridgehead atoms. The van der Waals surface area contributed by atoms with Crippen LogP contribution in [0.2, 0.25) is 0 Å². The summed E-state index contributed by atoms with van der Waals surface area (Å²) in [6.07, 6.45) is 4.00. The molecule has 24 heavy (non-hydrogen) atoms. The zero-order valence-electron chi connectivity index (χ0n) is 14.1. The van der Waals surface area contributed by atoms with Gasteiger partial charge in [0.05, 0.1) is 31.5 Å². The number of ether oxygens (including phenoxy) is 3. The van der Waals surface area contributed by atoms with Crippen LogP contribution >= 0.6 is 11.3 Å². The molecule has 0 unspecified atom stereocenters. The highest BCUT2D eigenvalue weighted by Gasteiger charge is 2.12. The van der Waals surface area contributed by atoms with E-state index in [1.807, 2.05) is 24.3 Å². The van der Waals surface area contributed by atoms with Crippen LogP contribution in [-0.4, -0.2) is 26.3 Å². The first-order valence-corrected chi connectivity index (χ1v) is 8.31. The molecular formula is C19H19NO3S. The van der Waals surface area contributed by atoms with Crippen LogP contribution in [0.1, 0.15) is 16.1 Å². The van der Waals surface area contributed by atoms with Crippen molar-refractivity contribution in [2.75, 3.05) is 21.3 Å². The second-order valence-electron chi connectivity index (χ2n) is 5.32. The molecule has 1 aromatic heterocycles. The number of hydrogen-bond acceptors (Lipinski definition) is 5. The molecule has 3 aromatic rings. The smallest absolute Gasteiger partial charge is 0.203 e. The topological polar surface area (TPSA) is 40.6 Å². The van der Waals surface area contributed by atoms with Gasteiger partial charge in [-0.25, -0.2) is 4.98 Å². The van der Waals surface area contributed by atoms with Crippen molar-refractivity contribution in [1.29, 1.82) is 0 Å². The number of fused-ring (bicyclic) bond motifs is 1. The lowest BCUT2D eigenvalue weighted by Crippen LogP contribution is -1.95. The maximum atomic E-state index is 5.38. The summed E-state index contributed by atoms with van der Waals surface area (Å²) in [6, 6.07) is 10.1. The number of aromatic nitrogens is 1. The molecule has 3 rings (SSSR count). The van der Waals surface area contributed by atoms with Gasteiger partial charge in [0.2, 0.25) is 5.75 Å². The molecule has 0 saturated heterocycles. The van der Waals surface area contributed by atoms with E-state index in [2.05, 4.69) is 30.1 Å². The molecule has 0 spiro atoms. The summed E-state index contributed by atoms with van der Waals surface area (Å²) < 4.78 is 17.3. The molecule has 0 aliphatic rings. The van der Waals surface area contributed by atoms with Gasteiger partial charge in [0.1, 0.15) is 5.01 Å². The quantitative estimate of drug-likeness (QED) is 0.668. The number of rotatable bonds is 5. The molecule has 0 aliphatic carbocycles. The highest BCUT2D eigenvalue weighted by atomic mass is 32.1. The van der Waals surface area contributed by atoms with Gasteiger partial charge in [0, 0.05) is 0 Å². The van der Waals surface area contributed by atoms with Crippen molar-refractivity contribution < 1.29 is 14.2 Å². The van der Waals surface area contributed by atoms with Gasteiger partial charge in [0.15, 0.2) is 11.5 Å². The summed E-state index contributed by atoms with van der Waals surface area (Å²) in [5.74, 6) is 1.86. The zero-order valence-corrected chi connectivity index (χ0v) is 14.9. The average Bonchev–Trinajstić information content (AvgIpc) is 3.00. The Labute approximate surface area is 145 Å². The van der Waals surface area contributed by atoms with E-state index >= 15 is 0 Å². The molecule has 4 nitrogen and oxygen atoms in total. The van der Waals surface area contributed by atoms with Gasteiger partial charge in [-0.15, -0.1) is 11.3 Å². The zero-order chi connectivity index (χ0) is 17.1. The van der Waals surface area contributed by atoms with Crippen molar-refractivity contribution in [3.8, 4) is 17.2 Å². The van der Waals surface area contributed by atoms with Gasteiger partial charge in [-0.1, -0.05) is 12.1 Å². The van der Waals surface area contributed by atoms with Crippen LogP contribution in [0, 0.1) is 6.92 Å². The lowest BCUT2D eigenvalue weighted by atomic mass is 10.1. The minimum absolute atomic E-state index is 0.590. The van der Waals surface area contributed by atoms with E-state index in [1.165, 1.54) is 10.3 Å². The van der Waals surface area contributed by atoms with Crippen LogP contribution in [0.5, 0.6) is 17.2 Å². The number of benzene rings is 2. The Bertz CT molecular complexity index is 874. The van der Waals surface area contributed by atoms with E-state index < -0.39 is 0 Å². The summed E-state index contributed by atoms with van der Waals surface area (Å²) in [5, 5.41) is 0.962. The van der Waals surface area contributed by atoms with Crippen LogP contribution < -0.4 is 14.2 Å². The molecule has 1 heterocycles. The molecule has 0 atom stereocenters. The number of nitrogens with zero attached hydrogens (tertiary/aromatic N) is 1. The Hall–Kier alpha value is -2.53. The largest absolute Gasteiger partial charge is 0.493 e. The number of aryl methyl sites for hydroxylation is 1. The third kappa shape index (κ3) is 3.21. The van der Waals surface area contributed by atoms with Crippen molar-refractivity contribution in [1.82, 2.24) is 4.98 Å². The molecule has 2 aromatic carbocycles. The number of hydrogen-bond donors (Lipinski definition) is 0. The summed E-state index contributed by atoms with van der Waals surface area (Å²) >= 11 is 1.67. The lowest BCUT2D eigenvalue weighted by molar-refractivity contribution is 0.324. The standard InChI is InChI=1S/C19H19NO3S/c1-12-5-7-17-14(9-12)20-18(24-17)8-6-13-10-15(21-2)19(23-4)16(11-13)22-3/h5-11H,1-4H3/b8-6+. The SMILES string of the molecule is COc1cc(/C=C/c2nc3cc(C)ccc3s2)cc(OC)c1OC. The minimum Gasteiger partial charge on any atom is -0.493 e. The Kier molecular flexibility index (Phi) is 4.71. The highest BCUT2D eigenvalue weighted by Crippen LogP contribution is 2.38. The second-order valence-corrected chi connectivity index (χ2v) is 6.38. The predicted octanol–water partition coefficient (Wildman–Crippen LogP) is 4.80. The Morgan fingerprint density at radius 2 is 1.62 bits per heavy atom. The van der Waals surface area contributed by atoms with Crippen molar-refractivity contribution in [2.45, 2.75) is 6.92 Å². The van der Waals surface area contributed by atoms with Gasteiger partial charge in [-0.05, 0) is 48.4 Å². The van der Waals surface area contributed by atoms with E-state index in [0.29, 0.717) is 17.2 Å². The number of methoxy groups -OCH3 is 3. The number of thiazole rings is 1. The molecular weight excluding hydrogens is 322 g/mol. The first-order valence-electron chi connectivity index (χ1n) is 7.50. The second kappa shape index (κ2) is 6.93. The molecule has 5 heteroatoms. The van der Waals surface area contributed by atoms with E-state index in [1.54, 1.807) is 32.7 Å². The predicted molar refractivity (Wildman–Crippen MR) is 99.4 cm³/mol. The van der Waals surface area contributed by atoms with Crippen molar-refractivity contribution >= 4 is 33.7 Å². The lowest BCUT2D eigenvalue weighted by Gasteiger charge is -2.12. The maximum absolute atomic E-state index is 5.38. The van der Waals surface area contributed by atoms with E-state index in [9.17, 15) is 0 Å². The maximum Gasteiger partial charge on any atom is 0.203 e. The molecule has 0 fully saturated rings. The molecule has 0 saturated carbocycles. The van der Waals surface area contributed by atoms with Crippen molar-refractivity contribution in [2.24, 2.45) is 0 Å². The van der Waals surface area contributed by atoms with E-state index in [4.69, 9.17) is 14.2 Å². The van der Waals surface area contributed by atoms with Crippen molar-refractivity contribution in [3.05, 3.63) is 46.5 Å². The Morgan fingerprint density at radius 3 is 2.25 bits per heavy atom. The molecule has 0 amide bonds. The van der Waals surface area contributed by atoms with Crippen LogP contribution in [0.25, 0.3) is 22.4 Å².